The standard InChI is InChI=1S/C18H15BrFN3O3/c1-3-26-17-8-14(19)12(7-16(17)25-2)10-22-23-18(24)13-5-4-11(9-21)6-15(13)20/h4-8,10H,3H2,1-2H3,(H,23,24)/b22-10-. The van der Waals surface area contributed by atoms with Crippen LogP contribution < -0.4 is 14.9 Å². The zero-order valence-electron chi connectivity index (χ0n) is 14.0. The smallest absolute Gasteiger partial charge is 0.274 e. The molecule has 1 N–H and O–H groups in total. The third-order valence-electron chi connectivity index (χ3n) is 3.30. The van der Waals surface area contributed by atoms with E-state index in [-0.39, 0.29) is 11.1 Å². The summed E-state index contributed by atoms with van der Waals surface area (Å²) in [4.78, 5) is 12.0. The molecule has 0 aromatic heterocycles. The Bertz CT molecular complexity index is 894. The molecule has 0 spiro atoms. The molecule has 0 fully saturated rings. The fourth-order valence-corrected chi connectivity index (χ4v) is 2.49. The Morgan fingerprint density at radius 2 is 2.15 bits per heavy atom. The van der Waals surface area contributed by atoms with E-state index in [0.29, 0.717) is 28.1 Å². The van der Waals surface area contributed by atoms with Crippen LogP contribution in [0.2, 0.25) is 0 Å². The number of halogens is 2. The Labute approximate surface area is 158 Å². The number of benzene rings is 2. The van der Waals surface area contributed by atoms with Crippen LogP contribution in [0.5, 0.6) is 11.5 Å². The third-order valence-corrected chi connectivity index (χ3v) is 3.98. The summed E-state index contributed by atoms with van der Waals surface area (Å²) in [7, 11) is 1.52. The highest BCUT2D eigenvalue weighted by molar-refractivity contribution is 9.10. The highest BCUT2D eigenvalue weighted by Crippen LogP contribution is 2.32. The Kier molecular flexibility index (Phi) is 6.69. The van der Waals surface area contributed by atoms with Gasteiger partial charge in [0.15, 0.2) is 11.5 Å². The molecular weight excluding hydrogens is 405 g/mol. The number of carbonyl (C=O) groups is 1. The summed E-state index contributed by atoms with van der Waals surface area (Å²) < 4.78 is 25.2. The molecule has 2 aromatic rings. The molecule has 0 saturated heterocycles. The van der Waals surface area contributed by atoms with Crippen LogP contribution in [-0.4, -0.2) is 25.8 Å². The minimum absolute atomic E-state index is 0.132. The van der Waals surface area contributed by atoms with Crippen molar-refractivity contribution in [2.24, 2.45) is 5.10 Å². The van der Waals surface area contributed by atoms with Crippen LogP contribution in [0.1, 0.15) is 28.4 Å². The number of rotatable bonds is 6. The van der Waals surface area contributed by atoms with Crippen molar-refractivity contribution >= 4 is 28.1 Å². The number of methoxy groups -OCH3 is 1. The van der Waals surface area contributed by atoms with Gasteiger partial charge in [-0.05, 0) is 53.2 Å². The van der Waals surface area contributed by atoms with E-state index in [2.05, 4.69) is 26.5 Å². The average Bonchev–Trinajstić information content (AvgIpc) is 2.63. The van der Waals surface area contributed by atoms with Crippen molar-refractivity contribution in [1.82, 2.24) is 5.43 Å². The molecule has 26 heavy (non-hydrogen) atoms. The van der Waals surface area contributed by atoms with E-state index < -0.39 is 11.7 Å². The van der Waals surface area contributed by atoms with Crippen molar-refractivity contribution in [3.8, 4) is 17.6 Å². The molecule has 0 unspecified atom stereocenters. The fourth-order valence-electron chi connectivity index (χ4n) is 2.07. The van der Waals surface area contributed by atoms with Gasteiger partial charge < -0.3 is 9.47 Å². The number of ether oxygens (including phenoxy) is 2. The highest BCUT2D eigenvalue weighted by Gasteiger charge is 2.12. The molecule has 1 amide bonds. The van der Waals surface area contributed by atoms with E-state index in [0.717, 1.165) is 6.07 Å². The van der Waals surface area contributed by atoms with E-state index in [1.807, 2.05) is 6.92 Å². The molecule has 0 radical (unpaired) electrons. The summed E-state index contributed by atoms with van der Waals surface area (Å²) in [5, 5.41) is 12.5. The lowest BCUT2D eigenvalue weighted by atomic mass is 10.1. The summed E-state index contributed by atoms with van der Waals surface area (Å²) in [6, 6.07) is 8.80. The molecule has 2 rings (SSSR count). The topological polar surface area (TPSA) is 83.7 Å². The zero-order chi connectivity index (χ0) is 19.1. The Balaban J connectivity index is 2.15. The van der Waals surface area contributed by atoms with E-state index >= 15 is 0 Å². The number of hydrazone groups is 1. The molecule has 0 saturated carbocycles. The normalized spacial score (nSPS) is 10.4. The fraction of sp³-hybridized carbons (Fsp3) is 0.167. The van der Waals surface area contributed by atoms with Crippen LogP contribution in [0.15, 0.2) is 39.9 Å². The number of nitrogens with one attached hydrogen (secondary N) is 1. The van der Waals surface area contributed by atoms with Gasteiger partial charge in [0.2, 0.25) is 0 Å². The van der Waals surface area contributed by atoms with Crippen molar-refractivity contribution in [2.45, 2.75) is 6.92 Å². The van der Waals surface area contributed by atoms with Gasteiger partial charge in [-0.15, -0.1) is 0 Å². The van der Waals surface area contributed by atoms with Crippen molar-refractivity contribution in [3.63, 3.8) is 0 Å². The van der Waals surface area contributed by atoms with Crippen LogP contribution in [0.4, 0.5) is 4.39 Å². The molecule has 2 aromatic carbocycles. The van der Waals surface area contributed by atoms with Gasteiger partial charge in [-0.2, -0.15) is 10.4 Å². The number of nitrogens with zero attached hydrogens (tertiary/aromatic N) is 2. The Hall–Kier alpha value is -2.92. The van der Waals surface area contributed by atoms with Gasteiger partial charge in [0.25, 0.3) is 5.91 Å². The molecule has 0 aliphatic carbocycles. The van der Waals surface area contributed by atoms with Gasteiger partial charge in [0.1, 0.15) is 5.82 Å². The predicted octanol–water partition coefficient (Wildman–Crippen LogP) is 3.63. The molecule has 134 valence electrons. The van der Waals surface area contributed by atoms with Gasteiger partial charge in [0.05, 0.1) is 37.1 Å². The average molecular weight is 420 g/mol. The van der Waals surface area contributed by atoms with Gasteiger partial charge in [-0.1, -0.05) is 0 Å². The monoisotopic (exact) mass is 419 g/mol. The Morgan fingerprint density at radius 3 is 2.77 bits per heavy atom. The van der Waals surface area contributed by atoms with Gasteiger partial charge in [-0.25, -0.2) is 9.82 Å². The largest absolute Gasteiger partial charge is 0.493 e. The zero-order valence-corrected chi connectivity index (χ0v) is 15.6. The van der Waals surface area contributed by atoms with Gasteiger partial charge >= 0.3 is 0 Å². The van der Waals surface area contributed by atoms with Gasteiger partial charge in [0, 0.05) is 10.0 Å². The summed E-state index contributed by atoms with van der Waals surface area (Å²) >= 11 is 3.39. The van der Waals surface area contributed by atoms with Crippen LogP contribution in [0, 0.1) is 17.1 Å². The van der Waals surface area contributed by atoms with E-state index in [1.165, 1.54) is 25.5 Å². The number of hydrogen-bond acceptors (Lipinski definition) is 5. The van der Waals surface area contributed by atoms with Gasteiger partial charge in [-0.3, -0.25) is 4.79 Å². The molecular formula is C18H15BrFN3O3. The highest BCUT2D eigenvalue weighted by atomic mass is 79.9. The first kappa shape index (κ1) is 19.4. The van der Waals surface area contributed by atoms with Crippen LogP contribution >= 0.6 is 15.9 Å². The minimum Gasteiger partial charge on any atom is -0.493 e. The van der Waals surface area contributed by atoms with Crippen LogP contribution in [0.3, 0.4) is 0 Å². The number of hydrogen-bond donors (Lipinski definition) is 1. The van der Waals surface area contributed by atoms with Crippen molar-refractivity contribution in [3.05, 3.63) is 57.3 Å². The van der Waals surface area contributed by atoms with Crippen LogP contribution in [-0.2, 0) is 0 Å². The van der Waals surface area contributed by atoms with Crippen molar-refractivity contribution in [1.29, 1.82) is 5.26 Å². The first-order valence-corrected chi connectivity index (χ1v) is 8.32. The molecule has 8 heteroatoms. The predicted molar refractivity (Wildman–Crippen MR) is 98.0 cm³/mol. The molecule has 6 nitrogen and oxygen atoms in total. The third kappa shape index (κ3) is 4.58. The maximum absolute atomic E-state index is 13.8. The molecule has 0 atom stereocenters. The summed E-state index contributed by atoms with van der Waals surface area (Å²) in [6.45, 7) is 2.35. The lowest BCUT2D eigenvalue weighted by Crippen LogP contribution is -2.19. The lowest BCUT2D eigenvalue weighted by molar-refractivity contribution is 0.0951. The summed E-state index contributed by atoms with van der Waals surface area (Å²) in [6.07, 6.45) is 1.39. The van der Waals surface area contributed by atoms with Crippen molar-refractivity contribution in [2.75, 3.05) is 13.7 Å². The van der Waals surface area contributed by atoms with E-state index in [1.54, 1.807) is 18.2 Å². The number of amides is 1. The molecule has 0 aliphatic rings. The van der Waals surface area contributed by atoms with E-state index in [9.17, 15) is 9.18 Å². The molecule has 0 aliphatic heterocycles. The second-order valence-electron chi connectivity index (χ2n) is 4.96. The SMILES string of the molecule is CCOc1cc(Br)c(/C=N\NC(=O)c2ccc(C#N)cc2F)cc1OC. The molecule has 0 heterocycles. The summed E-state index contributed by atoms with van der Waals surface area (Å²) in [5.74, 6) is -0.429. The Morgan fingerprint density at radius 1 is 1.38 bits per heavy atom. The molecule has 0 bridgehead atoms. The lowest BCUT2D eigenvalue weighted by Gasteiger charge is -2.11. The first-order chi connectivity index (χ1) is 12.5. The first-order valence-electron chi connectivity index (χ1n) is 7.53. The maximum atomic E-state index is 13.8. The quantitative estimate of drug-likeness (QED) is 0.572. The second kappa shape index (κ2) is 8.97. The number of carbonyl (C=O) groups excluding carboxylic acids is 1. The van der Waals surface area contributed by atoms with Crippen molar-refractivity contribution < 1.29 is 18.7 Å². The maximum Gasteiger partial charge on any atom is 0.274 e. The number of nitriles is 1. The minimum atomic E-state index is -0.791. The second-order valence-corrected chi connectivity index (χ2v) is 5.82. The van der Waals surface area contributed by atoms with Crippen LogP contribution in [0.25, 0.3) is 0 Å². The van der Waals surface area contributed by atoms with E-state index in [4.69, 9.17) is 14.7 Å². The summed E-state index contributed by atoms with van der Waals surface area (Å²) in [5.41, 5.74) is 2.80.